The summed E-state index contributed by atoms with van der Waals surface area (Å²) >= 11 is 0. The summed E-state index contributed by atoms with van der Waals surface area (Å²) in [6.07, 6.45) is 3.22. The van der Waals surface area contributed by atoms with Crippen LogP contribution in [0.2, 0.25) is 0 Å². The molecule has 3 aromatic carbocycles. The van der Waals surface area contributed by atoms with Crippen LogP contribution >= 0.6 is 7.82 Å². The van der Waals surface area contributed by atoms with E-state index in [9.17, 15) is 43.1 Å². The van der Waals surface area contributed by atoms with Gasteiger partial charge in [-0.15, -0.1) is 0 Å². The lowest BCUT2D eigenvalue weighted by Crippen LogP contribution is -2.58. The number of ether oxygens (including phenoxy) is 1. The van der Waals surface area contributed by atoms with E-state index in [1.807, 2.05) is 36.4 Å². The number of primary amides is 1. The second-order valence-corrected chi connectivity index (χ2v) is 16.1. The predicted molar refractivity (Wildman–Crippen MR) is 215 cm³/mol. The van der Waals surface area contributed by atoms with Gasteiger partial charge in [-0.25, -0.2) is 4.57 Å². The normalized spacial score (nSPS) is 18.9. The molecule has 7 N–H and O–H groups in total. The Morgan fingerprint density at radius 2 is 1.49 bits per heavy atom. The minimum atomic E-state index is -4.80. The predicted octanol–water partition coefficient (Wildman–Crippen LogP) is 2.98. The molecule has 16 nitrogen and oxygen atoms in total. The first kappa shape index (κ1) is 44.5. The molecule has 2 aliphatic rings. The monoisotopic (exact) mass is 833 g/mol. The lowest BCUT2D eigenvalue weighted by atomic mass is 9.93. The van der Waals surface area contributed by atoms with Crippen molar-refractivity contribution >= 4 is 43.3 Å². The van der Waals surface area contributed by atoms with Crippen LogP contribution in [0, 0.1) is 5.92 Å². The second-order valence-electron chi connectivity index (χ2n) is 14.9. The highest BCUT2D eigenvalue weighted by Gasteiger charge is 2.45. The average Bonchev–Trinajstić information content (AvgIpc) is 3.63. The summed E-state index contributed by atoms with van der Waals surface area (Å²) in [4.78, 5) is 100. The molecule has 0 aromatic heterocycles. The highest BCUT2D eigenvalue weighted by molar-refractivity contribution is 7.46. The molecule has 5 rings (SSSR count). The number of carbonyl (C=O) groups excluding carboxylic acids is 6. The first-order valence-electron chi connectivity index (χ1n) is 19.8. The summed E-state index contributed by atoms with van der Waals surface area (Å²) in [5, 5.41) is 8.47. The summed E-state index contributed by atoms with van der Waals surface area (Å²) in [6.45, 7) is 0.285. The molecule has 2 fully saturated rings. The summed E-state index contributed by atoms with van der Waals surface area (Å²) < 4.78 is 21.4. The second kappa shape index (κ2) is 21.4. The Hall–Kier alpha value is -5.57. The molecule has 5 amide bonds. The van der Waals surface area contributed by atoms with E-state index in [-0.39, 0.29) is 50.5 Å². The number of hydrogen-bond acceptors (Lipinski definition) is 9. The van der Waals surface area contributed by atoms with Crippen molar-refractivity contribution in [2.75, 3.05) is 6.54 Å². The maximum atomic E-state index is 14.4. The van der Waals surface area contributed by atoms with Gasteiger partial charge >= 0.3 is 13.8 Å². The Balaban J connectivity index is 1.28. The zero-order valence-corrected chi connectivity index (χ0v) is 33.6. The first-order valence-corrected chi connectivity index (χ1v) is 21.3. The lowest BCUT2D eigenvalue weighted by Gasteiger charge is -2.36. The number of nitrogens with two attached hydrogens (primary N) is 1. The van der Waals surface area contributed by atoms with Crippen molar-refractivity contribution < 1.29 is 52.4 Å². The van der Waals surface area contributed by atoms with Gasteiger partial charge in [0.05, 0.1) is 12.3 Å². The van der Waals surface area contributed by atoms with Crippen molar-refractivity contribution in [3.8, 4) is 5.75 Å². The van der Waals surface area contributed by atoms with Gasteiger partial charge in [-0.2, -0.15) is 0 Å². The minimum absolute atomic E-state index is 0.0118. The molecule has 1 unspecified atom stereocenters. The van der Waals surface area contributed by atoms with Gasteiger partial charge < -0.3 is 35.8 Å². The third-order valence-electron chi connectivity index (χ3n) is 10.5. The fourth-order valence-corrected chi connectivity index (χ4v) is 7.89. The lowest BCUT2D eigenvalue weighted by molar-refractivity contribution is -0.149. The van der Waals surface area contributed by atoms with Gasteiger partial charge in [0.2, 0.25) is 29.5 Å². The molecule has 316 valence electrons. The highest BCUT2D eigenvalue weighted by atomic mass is 31.2. The number of phosphoric ester groups is 1. The third-order valence-corrected chi connectivity index (χ3v) is 10.9. The molecular weight excluding hydrogens is 781 g/mol. The van der Waals surface area contributed by atoms with E-state index in [1.165, 1.54) is 29.2 Å². The first-order chi connectivity index (χ1) is 28.3. The maximum Gasteiger partial charge on any atom is 0.524 e. The van der Waals surface area contributed by atoms with Crippen molar-refractivity contribution in [1.82, 2.24) is 20.9 Å². The third kappa shape index (κ3) is 14.0. The summed E-state index contributed by atoms with van der Waals surface area (Å²) in [7, 11) is -4.80. The quantitative estimate of drug-likeness (QED) is 0.0758. The number of hydrogen-bond donors (Lipinski definition) is 6. The van der Waals surface area contributed by atoms with Gasteiger partial charge in [0, 0.05) is 19.0 Å². The topological polar surface area (TPSA) is 244 Å². The zero-order valence-electron chi connectivity index (χ0n) is 32.7. The van der Waals surface area contributed by atoms with Gasteiger partial charge in [0.1, 0.15) is 30.5 Å². The van der Waals surface area contributed by atoms with E-state index in [0.717, 1.165) is 17.5 Å². The summed E-state index contributed by atoms with van der Waals surface area (Å²) in [6, 6.07) is 20.9. The number of fused-ring (bicyclic) bond motifs is 1. The number of amides is 5. The number of nitrogens with one attached hydrogen (secondary N) is 3. The highest BCUT2D eigenvalue weighted by Crippen LogP contribution is 2.37. The number of nitrogens with zero attached hydrogens (tertiary/aromatic N) is 1. The van der Waals surface area contributed by atoms with Crippen LogP contribution < -0.4 is 26.2 Å². The van der Waals surface area contributed by atoms with E-state index in [2.05, 4.69) is 20.5 Å². The zero-order chi connectivity index (χ0) is 42.4. The van der Waals surface area contributed by atoms with Crippen molar-refractivity contribution in [3.05, 3.63) is 102 Å². The molecule has 3 aromatic rings. The molecule has 2 heterocycles. The standard InChI is InChI=1S/C42H52N5O11P/c43-37(48)22-20-34(40(51)44-24-23-28-9-3-1-4-10-28)45-41(52)36-21-17-32-13-7-8-14-35(42(53)47(32)36)46-39(50)31(26-38(49)57-27-30-11-5-2-6-12-30)25-29-15-18-33(19-16-29)58-59(54,55)56/h1-6,9-12,15-16,18-19,31-32,34-36H,7-8,13-14,17,20-27H2,(H2,43,48)(H,44,51)(H,45,52)(H,46,50)(H2,54,55,56)/t31-,32+,34+,35?,36+/m1/s1. The molecule has 0 saturated carbocycles. The average molecular weight is 834 g/mol. The molecule has 2 aliphatic heterocycles. The van der Waals surface area contributed by atoms with Crippen LogP contribution in [0.15, 0.2) is 84.9 Å². The van der Waals surface area contributed by atoms with Gasteiger partial charge in [0.15, 0.2) is 0 Å². The fourth-order valence-electron chi connectivity index (χ4n) is 7.50. The molecule has 0 spiro atoms. The van der Waals surface area contributed by atoms with Gasteiger partial charge in [0.25, 0.3) is 0 Å². The van der Waals surface area contributed by atoms with E-state index in [1.54, 1.807) is 24.3 Å². The maximum absolute atomic E-state index is 14.4. The Kier molecular flexibility index (Phi) is 16.2. The van der Waals surface area contributed by atoms with Crippen LogP contribution in [0.5, 0.6) is 5.75 Å². The number of esters is 1. The van der Waals surface area contributed by atoms with E-state index < -0.39 is 67.4 Å². The van der Waals surface area contributed by atoms with Crippen molar-refractivity contribution in [2.45, 2.75) is 101 Å². The van der Waals surface area contributed by atoms with Crippen LogP contribution in [-0.2, 0) is 57.5 Å². The molecule has 0 radical (unpaired) electrons. The number of phosphoric acid groups is 1. The van der Waals surface area contributed by atoms with Crippen LogP contribution in [0.4, 0.5) is 0 Å². The molecule has 0 bridgehead atoms. The molecule has 2 saturated heterocycles. The minimum Gasteiger partial charge on any atom is -0.461 e. The van der Waals surface area contributed by atoms with Crippen LogP contribution in [-0.4, -0.2) is 80.9 Å². The summed E-state index contributed by atoms with van der Waals surface area (Å²) in [5.41, 5.74) is 7.71. The molecule has 59 heavy (non-hydrogen) atoms. The Bertz CT molecular complexity index is 1960. The van der Waals surface area contributed by atoms with Gasteiger partial charge in [-0.3, -0.25) is 38.6 Å². The van der Waals surface area contributed by atoms with Gasteiger partial charge in [-0.1, -0.05) is 85.6 Å². The molecule has 5 atom stereocenters. The molecular formula is C42H52N5O11P. The van der Waals surface area contributed by atoms with Crippen molar-refractivity contribution in [3.63, 3.8) is 0 Å². The number of carbonyl (C=O) groups is 6. The van der Waals surface area contributed by atoms with Crippen molar-refractivity contribution in [2.24, 2.45) is 11.7 Å². The Morgan fingerprint density at radius 3 is 2.15 bits per heavy atom. The Labute approximate surface area is 342 Å². The molecule has 0 aliphatic carbocycles. The van der Waals surface area contributed by atoms with E-state index >= 15 is 0 Å². The van der Waals surface area contributed by atoms with Crippen molar-refractivity contribution in [1.29, 1.82) is 0 Å². The fraction of sp³-hybridized carbons (Fsp3) is 0.429. The number of rotatable bonds is 19. The SMILES string of the molecule is NC(=O)CC[C@H](NC(=O)[C@@H]1CC[C@@H]2CCCCC(NC(=O)[C@@H](CC(=O)OCc3ccccc3)Cc3ccc(OP(=O)(O)O)cc3)C(=O)N21)C(=O)NCCc1ccccc1. The summed E-state index contributed by atoms with van der Waals surface area (Å²) in [5.74, 6) is -4.45. The van der Waals surface area contributed by atoms with Crippen LogP contribution in [0.3, 0.4) is 0 Å². The molecule has 17 heteroatoms. The van der Waals surface area contributed by atoms with Gasteiger partial charge in [-0.05, 0) is 73.8 Å². The Morgan fingerprint density at radius 1 is 0.831 bits per heavy atom. The largest absolute Gasteiger partial charge is 0.524 e. The van der Waals surface area contributed by atoms with E-state index in [4.69, 9.17) is 10.5 Å². The van der Waals surface area contributed by atoms with E-state index in [0.29, 0.717) is 44.2 Å². The number of benzene rings is 3. The smallest absolute Gasteiger partial charge is 0.461 e. The van der Waals surface area contributed by atoms with Crippen LogP contribution in [0.1, 0.15) is 74.5 Å². The van der Waals surface area contributed by atoms with Crippen LogP contribution in [0.25, 0.3) is 0 Å².